The Kier molecular flexibility index (Phi) is 4.26. The molecule has 0 bridgehead atoms. The van der Waals surface area contributed by atoms with Gasteiger partial charge >= 0.3 is 0 Å². The van der Waals surface area contributed by atoms with Crippen LogP contribution in [0, 0.1) is 0 Å². The van der Waals surface area contributed by atoms with Crippen molar-refractivity contribution in [3.8, 4) is 0 Å². The molecule has 16 heavy (non-hydrogen) atoms. The predicted octanol–water partition coefficient (Wildman–Crippen LogP) is 1.63. The Morgan fingerprint density at radius 2 is 2.38 bits per heavy atom. The Morgan fingerprint density at radius 1 is 1.69 bits per heavy atom. The van der Waals surface area contributed by atoms with Crippen molar-refractivity contribution in [2.24, 2.45) is 0 Å². The second-order valence-corrected chi connectivity index (χ2v) is 4.29. The van der Waals surface area contributed by atoms with Crippen molar-refractivity contribution in [2.45, 2.75) is 25.9 Å². The van der Waals surface area contributed by atoms with Gasteiger partial charge in [0.05, 0.1) is 5.60 Å². The summed E-state index contributed by atoms with van der Waals surface area (Å²) in [5, 5.41) is 12.6. The summed E-state index contributed by atoms with van der Waals surface area (Å²) in [5.41, 5.74) is -0.446. The van der Waals surface area contributed by atoms with Gasteiger partial charge in [0.25, 0.3) is 5.91 Å². The maximum Gasteiger partial charge on any atom is 0.251 e. The van der Waals surface area contributed by atoms with Gasteiger partial charge in [-0.15, -0.1) is 0 Å². The normalized spacial score (nSPS) is 14.2. The summed E-state index contributed by atoms with van der Waals surface area (Å²) in [4.78, 5) is 15.4. The quantitative estimate of drug-likeness (QED) is 0.789. The summed E-state index contributed by atoms with van der Waals surface area (Å²) < 4.78 is 0. The highest BCUT2D eigenvalue weighted by molar-refractivity contribution is 6.29. The van der Waals surface area contributed by atoms with Crippen molar-refractivity contribution in [3.05, 3.63) is 29.0 Å². The molecule has 0 saturated carbocycles. The van der Waals surface area contributed by atoms with Gasteiger partial charge in [0.2, 0.25) is 0 Å². The highest BCUT2D eigenvalue weighted by Crippen LogP contribution is 2.09. The van der Waals surface area contributed by atoms with Crippen molar-refractivity contribution in [1.29, 1.82) is 0 Å². The summed E-state index contributed by atoms with van der Waals surface area (Å²) in [6, 6.07) is 3.05. The van der Waals surface area contributed by atoms with Crippen LogP contribution < -0.4 is 5.32 Å². The first-order chi connectivity index (χ1) is 7.44. The highest BCUT2D eigenvalue weighted by Gasteiger charge is 2.18. The Labute approximate surface area is 99.6 Å². The molecule has 0 aromatic carbocycles. The first-order valence-corrected chi connectivity index (χ1v) is 5.44. The molecule has 0 aliphatic rings. The van der Waals surface area contributed by atoms with Crippen LogP contribution in [0.5, 0.6) is 0 Å². The van der Waals surface area contributed by atoms with Crippen molar-refractivity contribution in [2.75, 3.05) is 6.54 Å². The fourth-order valence-corrected chi connectivity index (χ4v) is 1.22. The van der Waals surface area contributed by atoms with E-state index in [1.807, 2.05) is 6.92 Å². The second kappa shape index (κ2) is 5.27. The number of halogens is 1. The van der Waals surface area contributed by atoms with Crippen LogP contribution in [0.3, 0.4) is 0 Å². The fraction of sp³-hybridized carbons (Fsp3) is 0.455. The lowest BCUT2D eigenvalue weighted by molar-refractivity contribution is 0.0518. The molecule has 1 atom stereocenters. The fourth-order valence-electron chi connectivity index (χ4n) is 1.04. The number of rotatable bonds is 4. The molecule has 1 heterocycles. The van der Waals surface area contributed by atoms with Gasteiger partial charge in [0.15, 0.2) is 0 Å². The van der Waals surface area contributed by atoms with E-state index in [9.17, 15) is 9.90 Å². The zero-order valence-electron chi connectivity index (χ0n) is 9.33. The highest BCUT2D eigenvalue weighted by atomic mass is 35.5. The number of aliphatic hydroxyl groups is 1. The van der Waals surface area contributed by atoms with Gasteiger partial charge in [0.1, 0.15) is 5.15 Å². The Bertz CT molecular complexity index is 380. The molecule has 0 saturated heterocycles. The number of amides is 1. The smallest absolute Gasteiger partial charge is 0.251 e. The van der Waals surface area contributed by atoms with Crippen LogP contribution in [-0.2, 0) is 0 Å². The van der Waals surface area contributed by atoms with Gasteiger partial charge in [-0.05, 0) is 25.5 Å². The van der Waals surface area contributed by atoms with E-state index in [0.717, 1.165) is 0 Å². The number of hydrogen-bond acceptors (Lipinski definition) is 3. The molecule has 1 aromatic heterocycles. The maximum atomic E-state index is 11.7. The molecule has 1 amide bonds. The summed E-state index contributed by atoms with van der Waals surface area (Å²) in [6.45, 7) is 3.74. The van der Waals surface area contributed by atoms with Gasteiger partial charge in [-0.2, -0.15) is 0 Å². The maximum absolute atomic E-state index is 11.7. The second-order valence-electron chi connectivity index (χ2n) is 3.90. The summed E-state index contributed by atoms with van der Waals surface area (Å²) in [6.07, 6.45) is 2.04. The molecular weight excluding hydrogens is 228 g/mol. The lowest BCUT2D eigenvalue weighted by Crippen LogP contribution is -2.40. The first-order valence-electron chi connectivity index (χ1n) is 5.07. The van der Waals surface area contributed by atoms with Crippen LogP contribution in [0.25, 0.3) is 0 Å². The molecule has 88 valence electrons. The molecule has 2 N–H and O–H groups in total. The van der Waals surface area contributed by atoms with Gasteiger partial charge in [-0.25, -0.2) is 4.98 Å². The van der Waals surface area contributed by atoms with Crippen molar-refractivity contribution < 1.29 is 9.90 Å². The van der Waals surface area contributed by atoms with Gasteiger partial charge < -0.3 is 10.4 Å². The number of carbonyl (C=O) groups is 1. The van der Waals surface area contributed by atoms with E-state index in [1.165, 1.54) is 12.3 Å². The minimum atomic E-state index is -0.882. The first kappa shape index (κ1) is 12.9. The molecule has 4 nitrogen and oxygen atoms in total. The van der Waals surface area contributed by atoms with E-state index in [4.69, 9.17) is 11.6 Å². The monoisotopic (exact) mass is 242 g/mol. The summed E-state index contributed by atoms with van der Waals surface area (Å²) in [7, 11) is 0. The predicted molar refractivity (Wildman–Crippen MR) is 62.5 cm³/mol. The number of carbonyl (C=O) groups excluding carboxylic acids is 1. The molecule has 0 fully saturated rings. The van der Waals surface area contributed by atoms with Crippen LogP contribution >= 0.6 is 11.6 Å². The number of pyridine rings is 1. The van der Waals surface area contributed by atoms with E-state index in [2.05, 4.69) is 10.3 Å². The zero-order valence-corrected chi connectivity index (χ0v) is 10.1. The van der Waals surface area contributed by atoms with E-state index >= 15 is 0 Å². The van der Waals surface area contributed by atoms with Gasteiger partial charge in [-0.1, -0.05) is 18.5 Å². The van der Waals surface area contributed by atoms with Crippen molar-refractivity contribution in [3.63, 3.8) is 0 Å². The van der Waals surface area contributed by atoms with Crippen LogP contribution in [0.2, 0.25) is 5.15 Å². The zero-order chi connectivity index (χ0) is 12.2. The third-order valence-corrected chi connectivity index (χ3v) is 2.59. The number of hydrogen-bond donors (Lipinski definition) is 2. The minimum absolute atomic E-state index is 0.211. The summed E-state index contributed by atoms with van der Waals surface area (Å²) >= 11 is 5.67. The van der Waals surface area contributed by atoms with E-state index < -0.39 is 5.60 Å². The molecule has 1 unspecified atom stereocenters. The topological polar surface area (TPSA) is 62.2 Å². The molecule has 0 aliphatic carbocycles. The van der Waals surface area contributed by atoms with Crippen LogP contribution in [0.15, 0.2) is 18.3 Å². The van der Waals surface area contributed by atoms with Crippen molar-refractivity contribution >= 4 is 17.5 Å². The average Bonchev–Trinajstić information content (AvgIpc) is 2.26. The number of aromatic nitrogens is 1. The minimum Gasteiger partial charge on any atom is -0.388 e. The van der Waals surface area contributed by atoms with Gasteiger partial charge in [-0.3, -0.25) is 4.79 Å². The van der Waals surface area contributed by atoms with E-state index in [0.29, 0.717) is 12.0 Å². The lowest BCUT2D eigenvalue weighted by atomic mass is 10.0. The van der Waals surface area contributed by atoms with Crippen LogP contribution in [0.1, 0.15) is 30.6 Å². The SMILES string of the molecule is CCC(C)(O)CNC(=O)c1ccnc(Cl)c1. The Balaban J connectivity index is 2.60. The van der Waals surface area contributed by atoms with Gasteiger partial charge in [0, 0.05) is 18.3 Å². The third-order valence-electron chi connectivity index (χ3n) is 2.38. The van der Waals surface area contributed by atoms with E-state index in [1.54, 1.807) is 13.0 Å². The average molecular weight is 243 g/mol. The molecular formula is C11H15ClN2O2. The van der Waals surface area contributed by atoms with Crippen LogP contribution in [-0.4, -0.2) is 28.1 Å². The molecule has 1 rings (SSSR count). The van der Waals surface area contributed by atoms with Crippen LogP contribution in [0.4, 0.5) is 0 Å². The molecule has 0 spiro atoms. The Morgan fingerprint density at radius 3 is 2.94 bits per heavy atom. The van der Waals surface area contributed by atoms with E-state index in [-0.39, 0.29) is 17.6 Å². The number of nitrogens with zero attached hydrogens (tertiary/aromatic N) is 1. The largest absolute Gasteiger partial charge is 0.388 e. The standard InChI is InChI=1S/C11H15ClN2O2/c1-3-11(2,16)7-14-10(15)8-4-5-13-9(12)6-8/h4-6,16H,3,7H2,1-2H3,(H,14,15). The summed E-state index contributed by atoms with van der Waals surface area (Å²) in [5.74, 6) is -0.266. The Hall–Kier alpha value is -1.13. The van der Waals surface area contributed by atoms with Crippen molar-refractivity contribution in [1.82, 2.24) is 10.3 Å². The molecule has 0 radical (unpaired) electrons. The molecule has 5 heteroatoms. The third kappa shape index (κ3) is 3.79. The molecule has 1 aromatic rings. The molecule has 0 aliphatic heterocycles. The lowest BCUT2D eigenvalue weighted by Gasteiger charge is -2.21. The number of nitrogens with one attached hydrogen (secondary N) is 1.